The molecule has 17 heavy (non-hydrogen) atoms. The van der Waals surface area contributed by atoms with E-state index in [0.717, 1.165) is 18.2 Å². The fourth-order valence-electron chi connectivity index (χ4n) is 2.88. The van der Waals surface area contributed by atoms with E-state index in [-0.39, 0.29) is 0 Å². The maximum atomic E-state index is 5.56. The van der Waals surface area contributed by atoms with Gasteiger partial charge in [0.2, 0.25) is 0 Å². The molecular formula is C15H23NO. The van der Waals surface area contributed by atoms with E-state index in [9.17, 15) is 0 Å². The first-order valence-electron chi connectivity index (χ1n) is 6.50. The van der Waals surface area contributed by atoms with Crippen LogP contribution >= 0.6 is 0 Å². The molecule has 0 aromatic heterocycles. The largest absolute Gasteiger partial charge is 0.496 e. The van der Waals surface area contributed by atoms with Crippen LogP contribution in [0.5, 0.6) is 5.75 Å². The number of methoxy groups -OCH3 is 1. The Bertz CT molecular complexity index is 400. The van der Waals surface area contributed by atoms with Crippen molar-refractivity contribution < 1.29 is 4.74 Å². The van der Waals surface area contributed by atoms with E-state index in [2.05, 4.69) is 38.2 Å². The Morgan fingerprint density at radius 2 is 2.06 bits per heavy atom. The fraction of sp³-hybridized carbons (Fsp3) is 0.600. The lowest BCUT2D eigenvalue weighted by Crippen LogP contribution is -2.31. The highest BCUT2D eigenvalue weighted by Gasteiger charge is 2.24. The number of hydrogen-bond acceptors (Lipinski definition) is 2. The number of hydrogen-bond donors (Lipinski definition) is 1. The van der Waals surface area contributed by atoms with Crippen LogP contribution in [0.15, 0.2) is 12.1 Å². The molecule has 2 rings (SSSR count). The van der Waals surface area contributed by atoms with Gasteiger partial charge in [-0.05, 0) is 56.3 Å². The van der Waals surface area contributed by atoms with Crippen molar-refractivity contribution in [1.82, 2.24) is 5.32 Å². The third-order valence-electron chi connectivity index (χ3n) is 3.73. The first kappa shape index (κ1) is 12.4. The quantitative estimate of drug-likeness (QED) is 0.845. The average Bonchev–Trinajstić information content (AvgIpc) is 2.27. The summed E-state index contributed by atoms with van der Waals surface area (Å²) in [5.41, 5.74) is 3.96. The van der Waals surface area contributed by atoms with E-state index in [1.807, 2.05) is 0 Å². The van der Waals surface area contributed by atoms with E-state index in [1.165, 1.54) is 29.5 Å². The van der Waals surface area contributed by atoms with Gasteiger partial charge in [0.25, 0.3) is 0 Å². The lowest BCUT2D eigenvalue weighted by Gasteiger charge is -2.30. The van der Waals surface area contributed by atoms with Crippen molar-refractivity contribution in [3.63, 3.8) is 0 Å². The van der Waals surface area contributed by atoms with Gasteiger partial charge in [-0.2, -0.15) is 0 Å². The van der Waals surface area contributed by atoms with Crippen molar-refractivity contribution >= 4 is 0 Å². The Kier molecular flexibility index (Phi) is 3.72. The summed E-state index contributed by atoms with van der Waals surface area (Å²) in [4.78, 5) is 0. The second-order valence-electron chi connectivity index (χ2n) is 5.33. The number of benzene rings is 1. The molecule has 1 aromatic rings. The minimum absolute atomic E-state index is 0.453. The van der Waals surface area contributed by atoms with Gasteiger partial charge in [-0.1, -0.05) is 13.0 Å². The lowest BCUT2D eigenvalue weighted by molar-refractivity contribution is 0.314. The van der Waals surface area contributed by atoms with Gasteiger partial charge in [0.1, 0.15) is 5.75 Å². The number of aryl methyl sites for hydroxylation is 2. The van der Waals surface area contributed by atoms with Crippen LogP contribution in [-0.4, -0.2) is 13.7 Å². The summed E-state index contributed by atoms with van der Waals surface area (Å²) in [6, 6.07) is 4.84. The predicted molar refractivity (Wildman–Crippen MR) is 71.6 cm³/mol. The second-order valence-corrected chi connectivity index (χ2v) is 5.33. The van der Waals surface area contributed by atoms with Crippen molar-refractivity contribution in [2.45, 2.75) is 39.7 Å². The van der Waals surface area contributed by atoms with Crippen LogP contribution < -0.4 is 10.1 Å². The van der Waals surface area contributed by atoms with Crippen molar-refractivity contribution in [1.29, 1.82) is 0 Å². The van der Waals surface area contributed by atoms with Gasteiger partial charge in [-0.3, -0.25) is 0 Å². The molecule has 2 nitrogen and oxygen atoms in total. The fourth-order valence-corrected chi connectivity index (χ4v) is 2.88. The zero-order chi connectivity index (χ0) is 12.4. The minimum Gasteiger partial charge on any atom is -0.496 e. The third-order valence-corrected chi connectivity index (χ3v) is 3.73. The Hall–Kier alpha value is -1.02. The molecule has 1 saturated heterocycles. The molecule has 2 unspecified atom stereocenters. The first-order chi connectivity index (χ1) is 8.11. The van der Waals surface area contributed by atoms with E-state index >= 15 is 0 Å². The molecule has 0 spiro atoms. The predicted octanol–water partition coefficient (Wildman–Crippen LogP) is 3.37. The third kappa shape index (κ3) is 2.63. The summed E-state index contributed by atoms with van der Waals surface area (Å²) in [5.74, 6) is 1.83. The van der Waals surface area contributed by atoms with Gasteiger partial charge in [-0.25, -0.2) is 0 Å². The van der Waals surface area contributed by atoms with E-state index in [4.69, 9.17) is 4.74 Å². The SMILES string of the molecule is COc1cc(C)cc(C)c1C1CC(C)CCN1. The Labute approximate surface area is 104 Å². The molecular weight excluding hydrogens is 210 g/mol. The molecule has 0 saturated carbocycles. The van der Waals surface area contributed by atoms with Crippen LogP contribution in [-0.2, 0) is 0 Å². The summed E-state index contributed by atoms with van der Waals surface area (Å²) in [7, 11) is 1.77. The molecule has 2 heteroatoms. The molecule has 1 heterocycles. The molecule has 0 amide bonds. The Morgan fingerprint density at radius 3 is 2.71 bits per heavy atom. The summed E-state index contributed by atoms with van der Waals surface area (Å²) < 4.78 is 5.56. The van der Waals surface area contributed by atoms with Gasteiger partial charge in [0.15, 0.2) is 0 Å². The van der Waals surface area contributed by atoms with Gasteiger partial charge < -0.3 is 10.1 Å². The summed E-state index contributed by atoms with van der Waals surface area (Å²) in [6.07, 6.45) is 2.49. The average molecular weight is 233 g/mol. The summed E-state index contributed by atoms with van der Waals surface area (Å²) in [5, 5.41) is 3.62. The van der Waals surface area contributed by atoms with Gasteiger partial charge in [0.05, 0.1) is 7.11 Å². The Balaban J connectivity index is 2.36. The normalized spacial score (nSPS) is 24.7. The molecule has 2 atom stereocenters. The van der Waals surface area contributed by atoms with Crippen LogP contribution in [0, 0.1) is 19.8 Å². The highest BCUT2D eigenvalue weighted by Crippen LogP contribution is 2.35. The summed E-state index contributed by atoms with van der Waals surface area (Å²) in [6.45, 7) is 7.76. The molecule has 1 aromatic carbocycles. The summed E-state index contributed by atoms with van der Waals surface area (Å²) >= 11 is 0. The lowest BCUT2D eigenvalue weighted by atomic mass is 9.87. The van der Waals surface area contributed by atoms with Crippen LogP contribution in [0.1, 0.15) is 42.5 Å². The molecule has 0 bridgehead atoms. The molecule has 1 fully saturated rings. The van der Waals surface area contributed by atoms with Crippen molar-refractivity contribution in [3.8, 4) is 5.75 Å². The number of rotatable bonds is 2. The van der Waals surface area contributed by atoms with E-state index in [1.54, 1.807) is 7.11 Å². The van der Waals surface area contributed by atoms with Crippen LogP contribution in [0.3, 0.4) is 0 Å². The van der Waals surface area contributed by atoms with Crippen LogP contribution in [0.4, 0.5) is 0 Å². The standard InChI is InChI=1S/C15H23NO/c1-10-5-6-16-13(8-10)15-12(3)7-11(2)9-14(15)17-4/h7,9-10,13,16H,5-6,8H2,1-4H3. The molecule has 94 valence electrons. The van der Waals surface area contributed by atoms with Crippen LogP contribution in [0.25, 0.3) is 0 Å². The monoisotopic (exact) mass is 233 g/mol. The maximum absolute atomic E-state index is 5.56. The second kappa shape index (κ2) is 5.09. The topological polar surface area (TPSA) is 21.3 Å². The molecule has 1 aliphatic heterocycles. The van der Waals surface area contributed by atoms with E-state index in [0.29, 0.717) is 6.04 Å². The van der Waals surface area contributed by atoms with Gasteiger partial charge in [0, 0.05) is 11.6 Å². The van der Waals surface area contributed by atoms with Crippen LogP contribution in [0.2, 0.25) is 0 Å². The first-order valence-corrected chi connectivity index (χ1v) is 6.50. The minimum atomic E-state index is 0.453. The van der Waals surface area contributed by atoms with Gasteiger partial charge in [-0.15, -0.1) is 0 Å². The van der Waals surface area contributed by atoms with Crippen molar-refractivity contribution in [3.05, 3.63) is 28.8 Å². The maximum Gasteiger partial charge on any atom is 0.124 e. The number of piperidine rings is 1. The molecule has 1 aliphatic rings. The number of ether oxygens (including phenoxy) is 1. The smallest absolute Gasteiger partial charge is 0.124 e. The zero-order valence-corrected chi connectivity index (χ0v) is 11.3. The van der Waals surface area contributed by atoms with Crippen molar-refractivity contribution in [2.75, 3.05) is 13.7 Å². The molecule has 0 aliphatic carbocycles. The van der Waals surface area contributed by atoms with E-state index < -0.39 is 0 Å². The number of nitrogens with one attached hydrogen (secondary N) is 1. The molecule has 0 radical (unpaired) electrons. The zero-order valence-electron chi connectivity index (χ0n) is 11.3. The highest BCUT2D eigenvalue weighted by molar-refractivity contribution is 5.45. The highest BCUT2D eigenvalue weighted by atomic mass is 16.5. The molecule has 1 N–H and O–H groups in total. The van der Waals surface area contributed by atoms with Gasteiger partial charge >= 0.3 is 0 Å². The Morgan fingerprint density at radius 1 is 1.29 bits per heavy atom. The van der Waals surface area contributed by atoms with Crippen molar-refractivity contribution in [2.24, 2.45) is 5.92 Å².